The number of benzene rings is 1. The van der Waals surface area contributed by atoms with Gasteiger partial charge in [-0.05, 0) is 32.4 Å². The number of aliphatic hydroxyl groups is 1. The summed E-state index contributed by atoms with van der Waals surface area (Å²) in [7, 11) is 0. The smallest absolute Gasteiger partial charge is 0.419 e. The summed E-state index contributed by atoms with van der Waals surface area (Å²) in [4.78, 5) is 2.05. The van der Waals surface area contributed by atoms with Crippen molar-refractivity contribution in [2.24, 2.45) is 0 Å². The standard InChI is InChI=1S/C15H22F3NO2/c1-12(2)19(9-10-20)8-5-11-21-14-7-4-3-6-13(14)15(16,17)18/h3-4,6-7,12,20H,5,8-11H2,1-2H3. The largest absolute Gasteiger partial charge is 0.493 e. The van der Waals surface area contributed by atoms with Gasteiger partial charge in [-0.15, -0.1) is 0 Å². The first-order valence-corrected chi connectivity index (χ1v) is 7.00. The second-order valence-corrected chi connectivity index (χ2v) is 5.05. The van der Waals surface area contributed by atoms with E-state index in [1.54, 1.807) is 0 Å². The molecular weight excluding hydrogens is 283 g/mol. The van der Waals surface area contributed by atoms with E-state index in [-0.39, 0.29) is 25.0 Å². The van der Waals surface area contributed by atoms with Gasteiger partial charge in [-0.1, -0.05) is 12.1 Å². The molecule has 21 heavy (non-hydrogen) atoms. The van der Waals surface area contributed by atoms with Crippen LogP contribution >= 0.6 is 0 Å². The van der Waals surface area contributed by atoms with Gasteiger partial charge in [-0.2, -0.15) is 13.2 Å². The zero-order valence-electron chi connectivity index (χ0n) is 12.4. The Kier molecular flexibility index (Phi) is 6.98. The summed E-state index contributed by atoms with van der Waals surface area (Å²) < 4.78 is 43.6. The van der Waals surface area contributed by atoms with E-state index in [0.717, 1.165) is 6.07 Å². The van der Waals surface area contributed by atoms with Gasteiger partial charge in [-0.3, -0.25) is 4.90 Å². The van der Waals surface area contributed by atoms with Crippen LogP contribution in [0.1, 0.15) is 25.8 Å². The van der Waals surface area contributed by atoms with Crippen molar-refractivity contribution in [2.75, 3.05) is 26.3 Å². The highest BCUT2D eigenvalue weighted by Crippen LogP contribution is 2.35. The molecule has 0 atom stereocenters. The molecule has 0 saturated carbocycles. The Morgan fingerprint density at radius 3 is 2.43 bits per heavy atom. The van der Waals surface area contributed by atoms with Crippen LogP contribution in [-0.4, -0.2) is 42.4 Å². The van der Waals surface area contributed by atoms with E-state index in [4.69, 9.17) is 9.84 Å². The van der Waals surface area contributed by atoms with Gasteiger partial charge in [0.1, 0.15) is 5.75 Å². The molecule has 0 aliphatic heterocycles. The first kappa shape index (κ1) is 17.8. The van der Waals surface area contributed by atoms with E-state index in [0.29, 0.717) is 19.5 Å². The number of hydrogen-bond acceptors (Lipinski definition) is 3. The van der Waals surface area contributed by atoms with Crippen molar-refractivity contribution < 1.29 is 23.0 Å². The third kappa shape index (κ3) is 5.93. The Hall–Kier alpha value is -1.27. The fraction of sp³-hybridized carbons (Fsp3) is 0.600. The van der Waals surface area contributed by atoms with Crippen molar-refractivity contribution in [1.82, 2.24) is 4.90 Å². The Morgan fingerprint density at radius 2 is 1.86 bits per heavy atom. The molecule has 0 amide bonds. The topological polar surface area (TPSA) is 32.7 Å². The van der Waals surface area contributed by atoms with Crippen LogP contribution in [0.15, 0.2) is 24.3 Å². The van der Waals surface area contributed by atoms with Crippen molar-refractivity contribution in [2.45, 2.75) is 32.5 Å². The maximum absolute atomic E-state index is 12.8. The molecule has 1 rings (SSSR count). The van der Waals surface area contributed by atoms with Crippen LogP contribution in [0, 0.1) is 0 Å². The van der Waals surface area contributed by atoms with Gasteiger partial charge in [-0.25, -0.2) is 0 Å². The van der Waals surface area contributed by atoms with Gasteiger partial charge in [0.25, 0.3) is 0 Å². The lowest BCUT2D eigenvalue weighted by molar-refractivity contribution is -0.139. The number of alkyl halides is 3. The van der Waals surface area contributed by atoms with Gasteiger partial charge in [0.05, 0.1) is 18.8 Å². The first-order valence-electron chi connectivity index (χ1n) is 7.00. The quantitative estimate of drug-likeness (QED) is 0.749. The fourth-order valence-electron chi connectivity index (χ4n) is 2.03. The monoisotopic (exact) mass is 305 g/mol. The summed E-state index contributed by atoms with van der Waals surface area (Å²) in [6.45, 7) is 5.52. The summed E-state index contributed by atoms with van der Waals surface area (Å²) in [5, 5.41) is 8.95. The lowest BCUT2D eigenvalue weighted by Gasteiger charge is -2.25. The lowest BCUT2D eigenvalue weighted by atomic mass is 10.2. The van der Waals surface area contributed by atoms with Crippen LogP contribution in [0.3, 0.4) is 0 Å². The fourth-order valence-corrected chi connectivity index (χ4v) is 2.03. The third-order valence-electron chi connectivity index (χ3n) is 3.16. The van der Waals surface area contributed by atoms with Gasteiger partial charge >= 0.3 is 6.18 Å². The predicted molar refractivity (Wildman–Crippen MR) is 75.4 cm³/mol. The molecule has 0 aliphatic rings. The number of ether oxygens (including phenoxy) is 1. The van der Waals surface area contributed by atoms with Gasteiger partial charge in [0, 0.05) is 19.1 Å². The highest BCUT2D eigenvalue weighted by molar-refractivity contribution is 5.35. The zero-order chi connectivity index (χ0) is 15.9. The van der Waals surface area contributed by atoms with Crippen molar-refractivity contribution in [3.8, 4) is 5.75 Å². The number of para-hydroxylation sites is 1. The highest BCUT2D eigenvalue weighted by atomic mass is 19.4. The van der Waals surface area contributed by atoms with Crippen LogP contribution in [0.2, 0.25) is 0 Å². The Morgan fingerprint density at radius 1 is 1.19 bits per heavy atom. The minimum Gasteiger partial charge on any atom is -0.493 e. The molecule has 0 aliphatic carbocycles. The molecule has 0 heterocycles. The summed E-state index contributed by atoms with van der Waals surface area (Å²) >= 11 is 0. The summed E-state index contributed by atoms with van der Waals surface area (Å²) in [5.74, 6) is -0.136. The molecule has 0 spiro atoms. The molecule has 0 saturated heterocycles. The molecule has 0 fully saturated rings. The molecule has 0 aromatic heterocycles. The molecule has 1 aromatic carbocycles. The number of aliphatic hydroxyl groups excluding tert-OH is 1. The minimum atomic E-state index is -4.41. The highest BCUT2D eigenvalue weighted by Gasteiger charge is 2.33. The van der Waals surface area contributed by atoms with Crippen molar-refractivity contribution in [3.05, 3.63) is 29.8 Å². The minimum absolute atomic E-state index is 0.0654. The number of nitrogens with zero attached hydrogens (tertiary/aromatic N) is 1. The number of hydrogen-bond donors (Lipinski definition) is 1. The average Bonchev–Trinajstić information content (AvgIpc) is 2.41. The average molecular weight is 305 g/mol. The Bertz CT molecular complexity index is 422. The lowest BCUT2D eigenvalue weighted by Crippen LogP contribution is -2.34. The van der Waals surface area contributed by atoms with E-state index in [1.807, 2.05) is 13.8 Å². The van der Waals surface area contributed by atoms with Crippen molar-refractivity contribution in [3.63, 3.8) is 0 Å². The molecule has 1 aromatic rings. The zero-order valence-corrected chi connectivity index (χ0v) is 12.4. The van der Waals surface area contributed by atoms with Crippen LogP contribution in [0.4, 0.5) is 13.2 Å². The van der Waals surface area contributed by atoms with Crippen molar-refractivity contribution >= 4 is 0 Å². The predicted octanol–water partition coefficient (Wildman–Crippen LogP) is 3.18. The van der Waals surface area contributed by atoms with E-state index in [2.05, 4.69) is 4.90 Å². The normalized spacial score (nSPS) is 12.2. The van der Waals surface area contributed by atoms with E-state index >= 15 is 0 Å². The van der Waals surface area contributed by atoms with Crippen LogP contribution in [0.5, 0.6) is 5.75 Å². The van der Waals surface area contributed by atoms with Crippen LogP contribution in [-0.2, 0) is 6.18 Å². The second-order valence-electron chi connectivity index (χ2n) is 5.05. The molecule has 0 unspecified atom stereocenters. The second kappa shape index (κ2) is 8.24. The molecule has 0 radical (unpaired) electrons. The SMILES string of the molecule is CC(C)N(CCO)CCCOc1ccccc1C(F)(F)F. The first-order chi connectivity index (χ1) is 9.86. The number of halogens is 3. The number of rotatable bonds is 8. The van der Waals surface area contributed by atoms with Gasteiger partial charge in [0.15, 0.2) is 0 Å². The summed E-state index contributed by atoms with van der Waals surface area (Å²) in [5.41, 5.74) is -0.749. The maximum atomic E-state index is 12.8. The van der Waals surface area contributed by atoms with E-state index < -0.39 is 11.7 Å². The van der Waals surface area contributed by atoms with E-state index in [1.165, 1.54) is 18.2 Å². The van der Waals surface area contributed by atoms with Crippen LogP contribution < -0.4 is 4.74 Å². The molecule has 6 heteroatoms. The summed E-state index contributed by atoms with van der Waals surface area (Å²) in [6.07, 6.45) is -3.80. The summed E-state index contributed by atoms with van der Waals surface area (Å²) in [6, 6.07) is 5.49. The van der Waals surface area contributed by atoms with Crippen molar-refractivity contribution in [1.29, 1.82) is 0 Å². The molecule has 3 nitrogen and oxygen atoms in total. The molecule has 0 bridgehead atoms. The maximum Gasteiger partial charge on any atom is 0.419 e. The van der Waals surface area contributed by atoms with Crippen LogP contribution in [0.25, 0.3) is 0 Å². The van der Waals surface area contributed by atoms with Gasteiger partial charge in [0.2, 0.25) is 0 Å². The molecule has 1 N–H and O–H groups in total. The van der Waals surface area contributed by atoms with Gasteiger partial charge < -0.3 is 9.84 Å². The molecule has 120 valence electrons. The Labute approximate surface area is 123 Å². The Balaban J connectivity index is 2.50. The van der Waals surface area contributed by atoms with E-state index in [9.17, 15) is 13.2 Å². The molecular formula is C15H22F3NO2. The third-order valence-corrected chi connectivity index (χ3v) is 3.16.